The lowest BCUT2D eigenvalue weighted by atomic mass is 10.2. The summed E-state index contributed by atoms with van der Waals surface area (Å²) in [5.41, 5.74) is 12.3. The molecule has 0 amide bonds. The van der Waals surface area contributed by atoms with Gasteiger partial charge < -0.3 is 20.5 Å². The summed E-state index contributed by atoms with van der Waals surface area (Å²) in [6.45, 7) is 0. The van der Waals surface area contributed by atoms with Gasteiger partial charge in [0.2, 0.25) is 5.95 Å². The number of hydrogen-bond donors (Lipinski definition) is 2. The highest BCUT2D eigenvalue weighted by atomic mass is 32.2. The Kier molecular flexibility index (Phi) is 5.32. The van der Waals surface area contributed by atoms with Crippen LogP contribution < -0.4 is 16.0 Å². The Balaban J connectivity index is 1.58. The minimum absolute atomic E-state index is 0.0197. The molecule has 7 nitrogen and oxygen atoms in total. The number of anilines is 5. The third-order valence-electron chi connectivity index (χ3n) is 5.16. The van der Waals surface area contributed by atoms with E-state index < -0.39 is 9.84 Å². The number of benzene rings is 3. The van der Waals surface area contributed by atoms with Crippen LogP contribution in [0.3, 0.4) is 0 Å². The molecule has 0 unspecified atom stereocenters. The normalized spacial score (nSPS) is 11.6. The lowest BCUT2D eigenvalue weighted by molar-refractivity contribution is 0.601. The van der Waals surface area contributed by atoms with Crippen LogP contribution in [0.15, 0.2) is 66.7 Å². The molecule has 4 rings (SSSR count). The van der Waals surface area contributed by atoms with Crippen molar-refractivity contribution in [3.63, 3.8) is 0 Å². The van der Waals surface area contributed by atoms with Gasteiger partial charge in [0.05, 0.1) is 16.8 Å². The third kappa shape index (κ3) is 4.64. The topological polar surface area (TPSA) is 93.2 Å². The number of imidazole rings is 1. The molecule has 0 bridgehead atoms. The van der Waals surface area contributed by atoms with Crippen LogP contribution in [0.25, 0.3) is 11.0 Å². The fraction of sp³-hybridized carbons (Fsp3) is 0.174. The van der Waals surface area contributed by atoms with Crippen molar-refractivity contribution in [2.45, 2.75) is 5.75 Å². The number of aromatic nitrogens is 2. The largest absolute Gasteiger partial charge is 0.369 e. The molecule has 0 radical (unpaired) electrons. The van der Waals surface area contributed by atoms with Gasteiger partial charge in [-0.05, 0) is 54.1 Å². The highest BCUT2D eigenvalue weighted by Crippen LogP contribution is 2.30. The van der Waals surface area contributed by atoms with Crippen molar-refractivity contribution in [3.05, 3.63) is 72.3 Å². The number of sulfone groups is 1. The number of nitrogens with two attached hydrogens (primary N) is 1. The van der Waals surface area contributed by atoms with Gasteiger partial charge in [-0.3, -0.25) is 0 Å². The second-order valence-electron chi connectivity index (χ2n) is 7.71. The van der Waals surface area contributed by atoms with E-state index in [0.717, 1.165) is 39.3 Å². The number of nitrogen functional groups attached to an aromatic ring is 1. The minimum Gasteiger partial charge on any atom is -0.369 e. The molecule has 0 atom stereocenters. The number of hydrogen-bond acceptors (Lipinski definition) is 6. The molecule has 160 valence electrons. The first-order chi connectivity index (χ1) is 14.7. The van der Waals surface area contributed by atoms with Crippen molar-refractivity contribution in [1.29, 1.82) is 0 Å². The zero-order valence-corrected chi connectivity index (χ0v) is 18.5. The first-order valence-electron chi connectivity index (χ1n) is 9.79. The lowest BCUT2D eigenvalue weighted by Crippen LogP contribution is -2.09. The van der Waals surface area contributed by atoms with E-state index in [2.05, 4.69) is 15.2 Å². The molecule has 0 spiro atoms. The van der Waals surface area contributed by atoms with E-state index in [1.165, 1.54) is 6.26 Å². The highest BCUT2D eigenvalue weighted by molar-refractivity contribution is 7.89. The van der Waals surface area contributed by atoms with Crippen LogP contribution in [0.1, 0.15) is 5.56 Å². The van der Waals surface area contributed by atoms with Crippen molar-refractivity contribution in [1.82, 2.24) is 9.55 Å². The van der Waals surface area contributed by atoms with Gasteiger partial charge in [0, 0.05) is 43.1 Å². The molecular weight excluding hydrogens is 410 g/mol. The van der Waals surface area contributed by atoms with E-state index >= 15 is 0 Å². The summed E-state index contributed by atoms with van der Waals surface area (Å²) in [4.78, 5) is 6.49. The van der Waals surface area contributed by atoms with Crippen LogP contribution in [0, 0.1) is 0 Å². The molecule has 0 aliphatic heterocycles. The molecule has 1 aromatic heterocycles. The predicted molar refractivity (Wildman–Crippen MR) is 128 cm³/mol. The second-order valence-corrected chi connectivity index (χ2v) is 9.85. The SMILES string of the molecule is CN(c1cccc(Nc2cccc(CS(C)(=O)=O)c2)c1)c1ccc2c(c1)nc(N)n2C. The molecular formula is C23H25N5O2S. The fourth-order valence-electron chi connectivity index (χ4n) is 3.57. The van der Waals surface area contributed by atoms with Gasteiger partial charge in [0.15, 0.2) is 9.84 Å². The van der Waals surface area contributed by atoms with Gasteiger partial charge in [0.1, 0.15) is 0 Å². The van der Waals surface area contributed by atoms with Crippen LogP contribution in [0.5, 0.6) is 0 Å². The molecule has 3 N–H and O–H groups in total. The zero-order valence-electron chi connectivity index (χ0n) is 17.7. The minimum atomic E-state index is -3.08. The average molecular weight is 436 g/mol. The summed E-state index contributed by atoms with van der Waals surface area (Å²) in [7, 11) is 0.815. The van der Waals surface area contributed by atoms with Gasteiger partial charge >= 0.3 is 0 Å². The van der Waals surface area contributed by atoms with E-state index in [4.69, 9.17) is 5.73 Å². The van der Waals surface area contributed by atoms with Gasteiger partial charge in [0.25, 0.3) is 0 Å². The predicted octanol–water partition coefficient (Wildman–Crippen LogP) is 4.21. The Hall–Kier alpha value is -3.52. The van der Waals surface area contributed by atoms with E-state index in [0.29, 0.717) is 5.95 Å². The molecule has 0 saturated carbocycles. The summed E-state index contributed by atoms with van der Waals surface area (Å²) in [6, 6.07) is 21.5. The Morgan fingerprint density at radius 2 is 1.68 bits per heavy atom. The van der Waals surface area contributed by atoms with E-state index in [1.807, 2.05) is 85.4 Å². The molecule has 1 heterocycles. The van der Waals surface area contributed by atoms with Gasteiger partial charge in [-0.2, -0.15) is 0 Å². The number of fused-ring (bicyclic) bond motifs is 1. The molecule has 0 fully saturated rings. The number of nitrogens with zero attached hydrogens (tertiary/aromatic N) is 3. The first kappa shape index (κ1) is 20.7. The standard InChI is InChI=1S/C23H25N5O2S/c1-27(20-10-11-22-21(14-20)26-23(24)28(22)2)19-9-5-8-18(13-19)25-17-7-4-6-16(12-17)15-31(3,29)30/h4-14,25H,15H2,1-3H3,(H2,24,26). The third-order valence-corrected chi connectivity index (χ3v) is 6.02. The molecule has 8 heteroatoms. The quantitative estimate of drug-likeness (QED) is 0.471. The Bertz CT molecular complexity index is 1360. The van der Waals surface area contributed by atoms with Gasteiger partial charge in [-0.1, -0.05) is 18.2 Å². The molecule has 0 aliphatic carbocycles. The molecule has 3 aromatic carbocycles. The van der Waals surface area contributed by atoms with Crippen LogP contribution in [-0.4, -0.2) is 31.3 Å². The van der Waals surface area contributed by atoms with Crippen LogP contribution in [0.2, 0.25) is 0 Å². The fourth-order valence-corrected chi connectivity index (χ4v) is 4.35. The van der Waals surface area contributed by atoms with E-state index in [-0.39, 0.29) is 5.75 Å². The summed E-state index contributed by atoms with van der Waals surface area (Å²) < 4.78 is 25.0. The highest BCUT2D eigenvalue weighted by Gasteiger charge is 2.10. The number of rotatable bonds is 6. The van der Waals surface area contributed by atoms with Crippen molar-refractivity contribution in [2.24, 2.45) is 7.05 Å². The summed E-state index contributed by atoms with van der Waals surface area (Å²) in [5, 5.41) is 3.36. The molecule has 4 aromatic rings. The van der Waals surface area contributed by atoms with Crippen molar-refractivity contribution in [2.75, 3.05) is 29.3 Å². The maximum absolute atomic E-state index is 11.6. The van der Waals surface area contributed by atoms with Crippen LogP contribution in [0.4, 0.5) is 28.7 Å². The first-order valence-corrected chi connectivity index (χ1v) is 11.8. The lowest BCUT2D eigenvalue weighted by Gasteiger charge is -2.20. The van der Waals surface area contributed by atoms with Crippen LogP contribution >= 0.6 is 0 Å². The maximum Gasteiger partial charge on any atom is 0.200 e. The van der Waals surface area contributed by atoms with E-state index in [9.17, 15) is 8.42 Å². The monoisotopic (exact) mass is 435 g/mol. The molecule has 0 saturated heterocycles. The molecule has 0 aliphatic rings. The smallest absolute Gasteiger partial charge is 0.200 e. The summed E-state index contributed by atoms with van der Waals surface area (Å²) >= 11 is 0. The average Bonchev–Trinajstić information content (AvgIpc) is 3.00. The zero-order chi connectivity index (χ0) is 22.2. The summed E-state index contributed by atoms with van der Waals surface area (Å²) in [5.74, 6) is 0.505. The second kappa shape index (κ2) is 7.96. The van der Waals surface area contributed by atoms with Crippen molar-refractivity contribution >= 4 is 49.6 Å². The maximum atomic E-state index is 11.6. The van der Waals surface area contributed by atoms with Gasteiger partial charge in [-0.15, -0.1) is 0 Å². The van der Waals surface area contributed by atoms with Crippen molar-refractivity contribution in [3.8, 4) is 0 Å². The summed E-state index contributed by atoms with van der Waals surface area (Å²) in [6.07, 6.45) is 1.24. The van der Waals surface area contributed by atoms with Crippen LogP contribution in [-0.2, 0) is 22.6 Å². The van der Waals surface area contributed by atoms with Gasteiger partial charge in [-0.25, -0.2) is 13.4 Å². The molecule has 31 heavy (non-hydrogen) atoms. The number of nitrogens with one attached hydrogen (secondary N) is 1. The Morgan fingerprint density at radius 1 is 1.00 bits per heavy atom. The van der Waals surface area contributed by atoms with Crippen molar-refractivity contribution < 1.29 is 8.42 Å². The Morgan fingerprint density at radius 3 is 2.42 bits per heavy atom. The van der Waals surface area contributed by atoms with E-state index in [1.54, 1.807) is 0 Å². The number of aryl methyl sites for hydroxylation is 1. The Labute approximate surface area is 182 Å².